The van der Waals surface area contributed by atoms with Gasteiger partial charge in [0.1, 0.15) is 5.69 Å². The molecule has 0 amide bonds. The lowest BCUT2D eigenvalue weighted by molar-refractivity contribution is 0.749. The average molecular weight is 210 g/mol. The molecule has 0 aliphatic rings. The van der Waals surface area contributed by atoms with Crippen molar-refractivity contribution in [1.29, 1.82) is 0 Å². The summed E-state index contributed by atoms with van der Waals surface area (Å²) in [6, 6.07) is 9.94. The summed E-state index contributed by atoms with van der Waals surface area (Å²) in [6.45, 7) is 1.92. The average Bonchev–Trinajstić information content (AvgIpc) is 2.75. The number of rotatable bonds is 1. The maximum atomic E-state index is 4.37. The van der Waals surface area contributed by atoms with Crippen LogP contribution >= 0.6 is 0 Å². The zero-order chi connectivity index (χ0) is 11.0. The second-order valence-corrected chi connectivity index (χ2v) is 3.63. The van der Waals surface area contributed by atoms with Crippen molar-refractivity contribution in [3.63, 3.8) is 0 Å². The molecular weight excluding hydrogens is 200 g/mol. The van der Waals surface area contributed by atoms with Crippen LogP contribution in [0.4, 0.5) is 0 Å². The Balaban J connectivity index is 2.31. The van der Waals surface area contributed by atoms with Crippen molar-refractivity contribution in [2.24, 2.45) is 0 Å². The number of aromatic nitrogens is 4. The summed E-state index contributed by atoms with van der Waals surface area (Å²) in [5.74, 6) is 0. The van der Waals surface area contributed by atoms with E-state index in [2.05, 4.69) is 15.2 Å². The Hall–Kier alpha value is -2.23. The highest BCUT2D eigenvalue weighted by molar-refractivity contribution is 5.85. The Kier molecular flexibility index (Phi) is 1.93. The highest BCUT2D eigenvalue weighted by atomic mass is 15.5. The van der Waals surface area contributed by atoms with E-state index < -0.39 is 0 Å². The Morgan fingerprint density at radius 1 is 1.12 bits per heavy atom. The van der Waals surface area contributed by atoms with Crippen molar-refractivity contribution >= 4 is 10.9 Å². The predicted molar refractivity (Wildman–Crippen MR) is 61.4 cm³/mol. The Morgan fingerprint density at radius 2 is 2.00 bits per heavy atom. The van der Waals surface area contributed by atoms with E-state index in [4.69, 9.17) is 0 Å². The molecule has 0 saturated heterocycles. The standard InChI is InChI=1S/C12H10N4/c1-9-8-14-16(15-9)11-6-2-4-10-5-3-7-13-12(10)11/h2-8H,1H3. The molecule has 4 heteroatoms. The van der Waals surface area contributed by atoms with Crippen LogP contribution in [0.3, 0.4) is 0 Å². The highest BCUT2D eigenvalue weighted by Crippen LogP contribution is 2.18. The van der Waals surface area contributed by atoms with Gasteiger partial charge in [-0.2, -0.15) is 10.2 Å². The normalized spacial score (nSPS) is 10.8. The summed E-state index contributed by atoms with van der Waals surface area (Å²) in [5.41, 5.74) is 2.72. The maximum absolute atomic E-state index is 4.37. The molecule has 16 heavy (non-hydrogen) atoms. The quantitative estimate of drug-likeness (QED) is 0.618. The van der Waals surface area contributed by atoms with Crippen LogP contribution < -0.4 is 0 Å². The first-order chi connectivity index (χ1) is 7.84. The lowest BCUT2D eigenvalue weighted by atomic mass is 10.2. The van der Waals surface area contributed by atoms with Gasteiger partial charge in [0.25, 0.3) is 0 Å². The van der Waals surface area contributed by atoms with E-state index in [0.717, 1.165) is 22.3 Å². The summed E-state index contributed by atoms with van der Waals surface area (Å²) in [7, 11) is 0. The van der Waals surface area contributed by atoms with E-state index >= 15 is 0 Å². The molecule has 78 valence electrons. The molecule has 0 N–H and O–H groups in total. The van der Waals surface area contributed by atoms with Crippen LogP contribution in [0.1, 0.15) is 5.69 Å². The van der Waals surface area contributed by atoms with Crippen LogP contribution in [0.5, 0.6) is 0 Å². The van der Waals surface area contributed by atoms with E-state index in [9.17, 15) is 0 Å². The van der Waals surface area contributed by atoms with Gasteiger partial charge in [0, 0.05) is 11.6 Å². The second kappa shape index (κ2) is 3.41. The van der Waals surface area contributed by atoms with E-state index in [0.29, 0.717) is 0 Å². The van der Waals surface area contributed by atoms with Crippen molar-refractivity contribution in [1.82, 2.24) is 20.0 Å². The molecule has 0 saturated carbocycles. The topological polar surface area (TPSA) is 43.6 Å². The molecule has 0 fully saturated rings. The molecular formula is C12H10N4. The van der Waals surface area contributed by atoms with Gasteiger partial charge in [-0.15, -0.1) is 4.80 Å². The molecule has 0 atom stereocenters. The number of aryl methyl sites for hydroxylation is 1. The van der Waals surface area contributed by atoms with Gasteiger partial charge >= 0.3 is 0 Å². The first-order valence-corrected chi connectivity index (χ1v) is 5.08. The number of fused-ring (bicyclic) bond motifs is 1. The minimum atomic E-state index is 0.896. The van der Waals surface area contributed by atoms with Gasteiger partial charge in [-0.05, 0) is 19.1 Å². The van der Waals surface area contributed by atoms with Crippen LogP contribution in [0.25, 0.3) is 16.6 Å². The van der Waals surface area contributed by atoms with Crippen LogP contribution in [-0.2, 0) is 0 Å². The monoisotopic (exact) mass is 210 g/mol. The zero-order valence-electron chi connectivity index (χ0n) is 8.83. The summed E-state index contributed by atoms with van der Waals surface area (Å²) in [4.78, 5) is 5.98. The molecule has 3 aromatic rings. The Morgan fingerprint density at radius 3 is 2.81 bits per heavy atom. The number of pyridine rings is 1. The van der Waals surface area contributed by atoms with Crippen molar-refractivity contribution in [2.75, 3.05) is 0 Å². The van der Waals surface area contributed by atoms with E-state index in [1.54, 1.807) is 17.2 Å². The lowest BCUT2D eigenvalue weighted by Crippen LogP contribution is -2.00. The van der Waals surface area contributed by atoms with E-state index in [1.807, 2.05) is 37.3 Å². The second-order valence-electron chi connectivity index (χ2n) is 3.63. The van der Waals surface area contributed by atoms with Crippen LogP contribution in [0.2, 0.25) is 0 Å². The molecule has 3 rings (SSSR count). The summed E-state index contributed by atoms with van der Waals surface area (Å²) in [6.07, 6.45) is 3.52. The third-order valence-corrected chi connectivity index (χ3v) is 2.43. The van der Waals surface area contributed by atoms with Crippen LogP contribution in [0.15, 0.2) is 42.7 Å². The molecule has 2 aromatic heterocycles. The minimum Gasteiger partial charge on any atom is -0.254 e. The van der Waals surface area contributed by atoms with Gasteiger partial charge < -0.3 is 0 Å². The van der Waals surface area contributed by atoms with Crippen LogP contribution in [0, 0.1) is 6.92 Å². The van der Waals surface area contributed by atoms with Gasteiger partial charge in [-0.3, -0.25) is 4.98 Å². The summed E-state index contributed by atoms with van der Waals surface area (Å²) >= 11 is 0. The first kappa shape index (κ1) is 9.03. The van der Waals surface area contributed by atoms with Crippen molar-refractivity contribution < 1.29 is 0 Å². The van der Waals surface area contributed by atoms with Gasteiger partial charge in [0.15, 0.2) is 0 Å². The minimum absolute atomic E-state index is 0.896. The Labute approximate surface area is 92.6 Å². The third kappa shape index (κ3) is 1.35. The van der Waals surface area contributed by atoms with Crippen LogP contribution in [-0.4, -0.2) is 20.0 Å². The maximum Gasteiger partial charge on any atom is 0.112 e. The Bertz CT molecular complexity index is 637. The first-order valence-electron chi connectivity index (χ1n) is 5.08. The van der Waals surface area contributed by atoms with Crippen molar-refractivity contribution in [2.45, 2.75) is 6.92 Å². The van der Waals surface area contributed by atoms with Gasteiger partial charge in [-0.25, -0.2) is 0 Å². The summed E-state index contributed by atoms with van der Waals surface area (Å²) < 4.78 is 0. The number of benzene rings is 1. The molecule has 0 radical (unpaired) electrons. The van der Waals surface area contributed by atoms with E-state index in [1.165, 1.54) is 0 Å². The highest BCUT2D eigenvalue weighted by Gasteiger charge is 2.05. The largest absolute Gasteiger partial charge is 0.254 e. The fourth-order valence-electron chi connectivity index (χ4n) is 1.70. The molecule has 1 aromatic carbocycles. The lowest BCUT2D eigenvalue weighted by Gasteiger charge is -2.03. The zero-order valence-corrected chi connectivity index (χ0v) is 8.83. The fraction of sp³-hybridized carbons (Fsp3) is 0.0833. The molecule has 0 spiro atoms. The SMILES string of the molecule is Cc1cnn(-c2cccc3cccnc23)n1. The summed E-state index contributed by atoms with van der Waals surface area (Å²) in [5, 5.41) is 9.59. The van der Waals surface area contributed by atoms with Gasteiger partial charge in [0.2, 0.25) is 0 Å². The fourth-order valence-corrected chi connectivity index (χ4v) is 1.70. The number of para-hydroxylation sites is 1. The number of hydrogen-bond donors (Lipinski definition) is 0. The molecule has 0 unspecified atom stereocenters. The molecule has 0 bridgehead atoms. The van der Waals surface area contributed by atoms with Gasteiger partial charge in [-0.1, -0.05) is 18.2 Å². The molecule has 0 aliphatic heterocycles. The molecule has 2 heterocycles. The third-order valence-electron chi connectivity index (χ3n) is 2.43. The molecule has 4 nitrogen and oxygen atoms in total. The smallest absolute Gasteiger partial charge is 0.112 e. The number of nitrogens with zero attached hydrogens (tertiary/aromatic N) is 4. The molecule has 0 aliphatic carbocycles. The van der Waals surface area contributed by atoms with Crippen molar-refractivity contribution in [3.8, 4) is 5.69 Å². The van der Waals surface area contributed by atoms with E-state index in [-0.39, 0.29) is 0 Å². The van der Waals surface area contributed by atoms with Crippen molar-refractivity contribution in [3.05, 3.63) is 48.4 Å². The number of hydrogen-bond acceptors (Lipinski definition) is 3. The van der Waals surface area contributed by atoms with Gasteiger partial charge in [0.05, 0.1) is 17.4 Å². The predicted octanol–water partition coefficient (Wildman–Crippen LogP) is 2.12.